The van der Waals surface area contributed by atoms with Crippen LogP contribution >= 0.6 is 0 Å². The Morgan fingerprint density at radius 1 is 1.31 bits per heavy atom. The lowest BCUT2D eigenvalue weighted by Crippen LogP contribution is -2.46. The van der Waals surface area contributed by atoms with Crippen molar-refractivity contribution < 1.29 is 0 Å². The molecule has 0 aromatic rings. The van der Waals surface area contributed by atoms with Gasteiger partial charge in [-0.25, -0.2) is 0 Å². The number of rotatable bonds is 5. The maximum absolute atomic E-state index is 8.74. The van der Waals surface area contributed by atoms with Crippen molar-refractivity contribution >= 4 is 0 Å². The standard InChI is InChI=1S/C12H24N4/c1-12(10-13)11-15(3)6-9-16-7-4-14(2)5-8-16/h12H,4-9,11H2,1-3H3. The van der Waals surface area contributed by atoms with Gasteiger partial charge in [0.05, 0.1) is 12.0 Å². The van der Waals surface area contributed by atoms with Gasteiger partial charge in [-0.05, 0) is 21.0 Å². The summed E-state index contributed by atoms with van der Waals surface area (Å²) in [4.78, 5) is 7.14. The number of piperazine rings is 1. The van der Waals surface area contributed by atoms with E-state index in [2.05, 4.69) is 34.9 Å². The van der Waals surface area contributed by atoms with E-state index in [9.17, 15) is 0 Å². The average Bonchev–Trinajstić information content (AvgIpc) is 2.28. The van der Waals surface area contributed by atoms with Crippen LogP contribution in [0.1, 0.15) is 6.92 Å². The molecule has 0 radical (unpaired) electrons. The van der Waals surface area contributed by atoms with Crippen molar-refractivity contribution in [3.63, 3.8) is 0 Å². The first-order valence-corrected chi connectivity index (χ1v) is 6.11. The topological polar surface area (TPSA) is 33.5 Å². The average molecular weight is 224 g/mol. The SMILES string of the molecule is CC(C#N)CN(C)CCN1CCN(C)CC1. The molecule has 0 N–H and O–H groups in total. The van der Waals surface area contributed by atoms with Gasteiger partial charge in [-0.3, -0.25) is 4.90 Å². The predicted octanol–water partition coefficient (Wildman–Crippen LogP) is 0.325. The maximum Gasteiger partial charge on any atom is 0.0666 e. The lowest BCUT2D eigenvalue weighted by molar-refractivity contribution is 0.139. The number of nitriles is 1. The van der Waals surface area contributed by atoms with Crippen LogP contribution in [-0.2, 0) is 0 Å². The fraction of sp³-hybridized carbons (Fsp3) is 0.917. The van der Waals surface area contributed by atoms with Gasteiger partial charge in [0.15, 0.2) is 0 Å². The van der Waals surface area contributed by atoms with E-state index in [4.69, 9.17) is 5.26 Å². The third-order valence-corrected chi connectivity index (χ3v) is 3.20. The minimum absolute atomic E-state index is 0.137. The first kappa shape index (κ1) is 13.4. The highest BCUT2D eigenvalue weighted by molar-refractivity contribution is 4.81. The molecule has 4 heteroatoms. The zero-order valence-corrected chi connectivity index (χ0v) is 10.8. The monoisotopic (exact) mass is 224 g/mol. The molecule has 0 saturated carbocycles. The molecule has 0 aliphatic carbocycles. The van der Waals surface area contributed by atoms with Crippen molar-refractivity contribution in [3.05, 3.63) is 0 Å². The van der Waals surface area contributed by atoms with Crippen LogP contribution in [0, 0.1) is 17.2 Å². The van der Waals surface area contributed by atoms with Crippen molar-refractivity contribution in [2.75, 3.05) is 59.9 Å². The summed E-state index contributed by atoms with van der Waals surface area (Å²) < 4.78 is 0. The number of likely N-dealkylation sites (N-methyl/N-ethyl adjacent to an activating group) is 2. The summed E-state index contributed by atoms with van der Waals surface area (Å²) >= 11 is 0. The molecule has 16 heavy (non-hydrogen) atoms. The first-order valence-electron chi connectivity index (χ1n) is 6.11. The number of nitrogens with zero attached hydrogens (tertiary/aromatic N) is 4. The molecule has 1 atom stereocenters. The van der Waals surface area contributed by atoms with Gasteiger partial charge in [-0.1, -0.05) is 0 Å². The third-order valence-electron chi connectivity index (χ3n) is 3.20. The van der Waals surface area contributed by atoms with E-state index in [0.29, 0.717) is 0 Å². The molecule has 1 heterocycles. The van der Waals surface area contributed by atoms with Gasteiger partial charge < -0.3 is 9.80 Å². The molecule has 0 bridgehead atoms. The van der Waals surface area contributed by atoms with Crippen molar-refractivity contribution in [2.45, 2.75) is 6.92 Å². The van der Waals surface area contributed by atoms with Crippen LogP contribution in [0.25, 0.3) is 0 Å². The summed E-state index contributed by atoms with van der Waals surface area (Å²) in [7, 11) is 4.28. The van der Waals surface area contributed by atoms with Crippen LogP contribution in [0.15, 0.2) is 0 Å². The van der Waals surface area contributed by atoms with E-state index < -0.39 is 0 Å². The van der Waals surface area contributed by atoms with Gasteiger partial charge in [0.2, 0.25) is 0 Å². The zero-order chi connectivity index (χ0) is 12.0. The predicted molar refractivity (Wildman–Crippen MR) is 66.2 cm³/mol. The lowest BCUT2D eigenvalue weighted by atomic mass is 10.2. The summed E-state index contributed by atoms with van der Waals surface area (Å²) in [6, 6.07) is 2.28. The Morgan fingerprint density at radius 3 is 2.50 bits per heavy atom. The molecule has 1 fully saturated rings. The normalized spacial score (nSPS) is 20.9. The van der Waals surface area contributed by atoms with Crippen LogP contribution in [0.4, 0.5) is 0 Å². The molecule has 1 unspecified atom stereocenters. The molecule has 0 aromatic heterocycles. The van der Waals surface area contributed by atoms with E-state index in [1.54, 1.807) is 0 Å². The summed E-state index contributed by atoms with van der Waals surface area (Å²) in [5.41, 5.74) is 0. The minimum atomic E-state index is 0.137. The zero-order valence-electron chi connectivity index (χ0n) is 10.8. The molecule has 1 aliphatic heterocycles. The van der Waals surface area contributed by atoms with Crippen LogP contribution < -0.4 is 0 Å². The highest BCUT2D eigenvalue weighted by Crippen LogP contribution is 2.00. The summed E-state index contributed by atoms with van der Waals surface area (Å²) in [6.45, 7) is 9.77. The van der Waals surface area contributed by atoms with E-state index in [-0.39, 0.29) is 5.92 Å². The highest BCUT2D eigenvalue weighted by Gasteiger charge is 2.14. The minimum Gasteiger partial charge on any atom is -0.304 e. The van der Waals surface area contributed by atoms with Crippen molar-refractivity contribution in [3.8, 4) is 6.07 Å². The number of hydrogen-bond donors (Lipinski definition) is 0. The van der Waals surface area contributed by atoms with Gasteiger partial charge in [-0.15, -0.1) is 0 Å². The second-order valence-electron chi connectivity index (χ2n) is 4.94. The second kappa shape index (κ2) is 6.85. The first-order chi connectivity index (χ1) is 7.61. The van der Waals surface area contributed by atoms with Crippen LogP contribution in [-0.4, -0.2) is 74.6 Å². The molecule has 0 aromatic carbocycles. The molecule has 1 aliphatic rings. The molecule has 1 rings (SSSR count). The Labute approximate surface area is 99.4 Å². The van der Waals surface area contributed by atoms with Crippen LogP contribution in [0.5, 0.6) is 0 Å². The van der Waals surface area contributed by atoms with E-state index in [1.807, 2.05) is 6.92 Å². The molecular formula is C12H24N4. The molecule has 92 valence electrons. The van der Waals surface area contributed by atoms with Gasteiger partial charge in [0, 0.05) is 45.8 Å². The maximum atomic E-state index is 8.74. The van der Waals surface area contributed by atoms with E-state index in [1.165, 1.54) is 26.2 Å². The fourth-order valence-electron chi connectivity index (χ4n) is 1.98. The van der Waals surface area contributed by atoms with Crippen LogP contribution in [0.2, 0.25) is 0 Å². The summed E-state index contributed by atoms with van der Waals surface area (Å²) in [5, 5.41) is 8.74. The Bertz CT molecular complexity index is 228. The smallest absolute Gasteiger partial charge is 0.0666 e. The van der Waals surface area contributed by atoms with Gasteiger partial charge in [0.25, 0.3) is 0 Å². The molecule has 1 saturated heterocycles. The van der Waals surface area contributed by atoms with E-state index >= 15 is 0 Å². The van der Waals surface area contributed by atoms with Crippen molar-refractivity contribution in [2.24, 2.45) is 5.92 Å². The molecular weight excluding hydrogens is 200 g/mol. The lowest BCUT2D eigenvalue weighted by Gasteiger charge is -2.33. The number of hydrogen-bond acceptors (Lipinski definition) is 4. The third kappa shape index (κ3) is 4.93. The molecule has 0 spiro atoms. The second-order valence-corrected chi connectivity index (χ2v) is 4.94. The Balaban J connectivity index is 2.12. The molecule has 0 amide bonds. The Morgan fingerprint density at radius 2 is 1.94 bits per heavy atom. The van der Waals surface area contributed by atoms with Crippen LogP contribution in [0.3, 0.4) is 0 Å². The summed E-state index contributed by atoms with van der Waals surface area (Å²) in [5.74, 6) is 0.137. The summed E-state index contributed by atoms with van der Waals surface area (Å²) in [6.07, 6.45) is 0. The molecule has 4 nitrogen and oxygen atoms in total. The largest absolute Gasteiger partial charge is 0.304 e. The van der Waals surface area contributed by atoms with Gasteiger partial charge in [-0.2, -0.15) is 5.26 Å². The highest BCUT2D eigenvalue weighted by atomic mass is 15.3. The fourth-order valence-corrected chi connectivity index (χ4v) is 1.98. The Hall–Kier alpha value is -0.630. The Kier molecular flexibility index (Phi) is 5.75. The van der Waals surface area contributed by atoms with Crippen molar-refractivity contribution in [1.82, 2.24) is 14.7 Å². The van der Waals surface area contributed by atoms with Gasteiger partial charge in [0.1, 0.15) is 0 Å². The van der Waals surface area contributed by atoms with Crippen molar-refractivity contribution in [1.29, 1.82) is 5.26 Å². The van der Waals surface area contributed by atoms with Gasteiger partial charge >= 0.3 is 0 Å². The van der Waals surface area contributed by atoms with E-state index in [0.717, 1.165) is 19.6 Å². The quantitative estimate of drug-likeness (QED) is 0.674.